The summed E-state index contributed by atoms with van der Waals surface area (Å²) in [5, 5.41) is 0. The third-order valence-electron chi connectivity index (χ3n) is 3.43. The number of Topliss-reactive ketones (excluding diaryl/α,β-unsaturated/α-hetero) is 1. The molecule has 19 heavy (non-hydrogen) atoms. The summed E-state index contributed by atoms with van der Waals surface area (Å²) >= 11 is 3.37. The number of ether oxygens (including phenoxy) is 1. The van der Waals surface area contributed by atoms with E-state index in [2.05, 4.69) is 27.9 Å². The van der Waals surface area contributed by atoms with Crippen LogP contribution in [0, 0.1) is 0 Å². The Kier molecular flexibility index (Phi) is 5.55. The molecular weight excluding hydrogens is 306 g/mol. The number of hydrogen-bond acceptors (Lipinski definition) is 3. The van der Waals surface area contributed by atoms with E-state index in [1.807, 2.05) is 24.3 Å². The standard InChI is InChI=1S/C15H20BrNO2/c1-17(11-14-3-2-10-19-14)9-8-15(18)12-4-6-13(16)7-5-12/h4-7,14H,2-3,8-11H2,1H3. The van der Waals surface area contributed by atoms with Gasteiger partial charge in [0.05, 0.1) is 6.10 Å². The smallest absolute Gasteiger partial charge is 0.164 e. The summed E-state index contributed by atoms with van der Waals surface area (Å²) in [6.45, 7) is 2.60. The molecule has 0 aliphatic carbocycles. The third kappa shape index (κ3) is 4.71. The first-order valence-corrected chi connectivity index (χ1v) is 7.53. The van der Waals surface area contributed by atoms with E-state index < -0.39 is 0 Å². The van der Waals surface area contributed by atoms with Gasteiger partial charge in [-0.05, 0) is 32.0 Å². The van der Waals surface area contributed by atoms with E-state index in [4.69, 9.17) is 4.74 Å². The monoisotopic (exact) mass is 325 g/mol. The number of likely N-dealkylation sites (N-methyl/N-ethyl adjacent to an activating group) is 1. The highest BCUT2D eigenvalue weighted by molar-refractivity contribution is 9.10. The molecule has 1 unspecified atom stereocenters. The lowest BCUT2D eigenvalue weighted by Crippen LogP contribution is -2.30. The topological polar surface area (TPSA) is 29.5 Å². The molecule has 1 aromatic rings. The predicted molar refractivity (Wildman–Crippen MR) is 79.6 cm³/mol. The van der Waals surface area contributed by atoms with Crippen molar-refractivity contribution < 1.29 is 9.53 Å². The lowest BCUT2D eigenvalue weighted by Gasteiger charge is -2.19. The molecule has 2 rings (SSSR count). The van der Waals surface area contributed by atoms with Crippen molar-refractivity contribution in [1.82, 2.24) is 4.90 Å². The highest BCUT2D eigenvalue weighted by Crippen LogP contribution is 2.14. The van der Waals surface area contributed by atoms with Gasteiger partial charge in [0.15, 0.2) is 5.78 Å². The molecule has 1 atom stereocenters. The molecule has 1 aliphatic rings. The fourth-order valence-electron chi connectivity index (χ4n) is 2.30. The number of benzene rings is 1. The number of rotatable bonds is 6. The Morgan fingerprint density at radius 3 is 2.79 bits per heavy atom. The van der Waals surface area contributed by atoms with Gasteiger partial charge in [0.1, 0.15) is 0 Å². The maximum Gasteiger partial charge on any atom is 0.164 e. The zero-order valence-electron chi connectivity index (χ0n) is 11.3. The minimum atomic E-state index is 0.201. The van der Waals surface area contributed by atoms with Crippen LogP contribution < -0.4 is 0 Å². The molecule has 0 N–H and O–H groups in total. The van der Waals surface area contributed by atoms with Crippen LogP contribution in [0.2, 0.25) is 0 Å². The molecule has 0 bridgehead atoms. The summed E-state index contributed by atoms with van der Waals surface area (Å²) < 4.78 is 6.60. The SMILES string of the molecule is CN(CCC(=O)c1ccc(Br)cc1)CC1CCCO1. The molecule has 1 heterocycles. The zero-order valence-corrected chi connectivity index (χ0v) is 12.9. The van der Waals surface area contributed by atoms with Gasteiger partial charge in [0.25, 0.3) is 0 Å². The molecule has 0 amide bonds. The third-order valence-corrected chi connectivity index (χ3v) is 3.95. The van der Waals surface area contributed by atoms with Crippen molar-refractivity contribution >= 4 is 21.7 Å². The van der Waals surface area contributed by atoms with Crippen LogP contribution in [0.4, 0.5) is 0 Å². The quantitative estimate of drug-likeness (QED) is 0.752. The number of carbonyl (C=O) groups is 1. The van der Waals surface area contributed by atoms with Crippen LogP contribution in [0.3, 0.4) is 0 Å². The highest BCUT2D eigenvalue weighted by Gasteiger charge is 2.17. The minimum absolute atomic E-state index is 0.201. The summed E-state index contributed by atoms with van der Waals surface area (Å²) in [6, 6.07) is 7.55. The molecule has 0 saturated carbocycles. The molecule has 1 aliphatic heterocycles. The molecule has 0 aromatic heterocycles. The van der Waals surface area contributed by atoms with E-state index in [-0.39, 0.29) is 5.78 Å². The summed E-state index contributed by atoms with van der Waals surface area (Å²) in [6.07, 6.45) is 3.22. The summed E-state index contributed by atoms with van der Waals surface area (Å²) in [5.41, 5.74) is 0.786. The van der Waals surface area contributed by atoms with Crippen molar-refractivity contribution in [3.8, 4) is 0 Å². The second-order valence-electron chi connectivity index (χ2n) is 5.08. The lowest BCUT2D eigenvalue weighted by atomic mass is 10.1. The second-order valence-corrected chi connectivity index (χ2v) is 5.99. The number of hydrogen-bond donors (Lipinski definition) is 0. The van der Waals surface area contributed by atoms with Crippen LogP contribution in [0.25, 0.3) is 0 Å². The molecule has 1 fully saturated rings. The molecule has 4 heteroatoms. The molecule has 1 saturated heterocycles. The van der Waals surface area contributed by atoms with Gasteiger partial charge in [-0.1, -0.05) is 28.1 Å². The van der Waals surface area contributed by atoms with Crippen molar-refractivity contribution in [2.24, 2.45) is 0 Å². The van der Waals surface area contributed by atoms with Crippen molar-refractivity contribution in [1.29, 1.82) is 0 Å². The van der Waals surface area contributed by atoms with Gasteiger partial charge >= 0.3 is 0 Å². The van der Waals surface area contributed by atoms with E-state index in [9.17, 15) is 4.79 Å². The van der Waals surface area contributed by atoms with Gasteiger partial charge < -0.3 is 9.64 Å². The van der Waals surface area contributed by atoms with E-state index >= 15 is 0 Å². The first-order valence-electron chi connectivity index (χ1n) is 6.74. The van der Waals surface area contributed by atoms with Crippen LogP contribution in [-0.2, 0) is 4.74 Å². The second kappa shape index (κ2) is 7.17. The summed E-state index contributed by atoms with van der Waals surface area (Å²) in [4.78, 5) is 14.2. The number of ketones is 1. The first kappa shape index (κ1) is 14.7. The van der Waals surface area contributed by atoms with Gasteiger partial charge in [-0.15, -0.1) is 0 Å². The average molecular weight is 326 g/mol. The highest BCUT2D eigenvalue weighted by atomic mass is 79.9. The van der Waals surface area contributed by atoms with Crippen LogP contribution in [-0.4, -0.2) is 43.5 Å². The average Bonchev–Trinajstić information content (AvgIpc) is 2.89. The Morgan fingerprint density at radius 1 is 1.42 bits per heavy atom. The van der Waals surface area contributed by atoms with Gasteiger partial charge in [-0.3, -0.25) is 4.79 Å². The van der Waals surface area contributed by atoms with E-state index in [0.29, 0.717) is 12.5 Å². The van der Waals surface area contributed by atoms with Crippen LogP contribution in [0.5, 0.6) is 0 Å². The molecule has 0 radical (unpaired) electrons. The Morgan fingerprint density at radius 2 is 2.16 bits per heavy atom. The minimum Gasteiger partial charge on any atom is -0.377 e. The van der Waals surface area contributed by atoms with Gasteiger partial charge in [-0.2, -0.15) is 0 Å². The van der Waals surface area contributed by atoms with Crippen LogP contribution in [0.15, 0.2) is 28.7 Å². The lowest BCUT2D eigenvalue weighted by molar-refractivity contribution is 0.0778. The predicted octanol–water partition coefficient (Wildman–Crippen LogP) is 3.13. The van der Waals surface area contributed by atoms with Gasteiger partial charge in [-0.25, -0.2) is 0 Å². The van der Waals surface area contributed by atoms with Crippen molar-refractivity contribution in [2.75, 3.05) is 26.7 Å². The van der Waals surface area contributed by atoms with E-state index in [1.165, 1.54) is 0 Å². The number of nitrogens with zero attached hydrogens (tertiary/aromatic N) is 1. The Labute approximate surface area is 123 Å². The summed E-state index contributed by atoms with van der Waals surface area (Å²) in [5.74, 6) is 0.201. The van der Waals surface area contributed by atoms with Gasteiger partial charge in [0.2, 0.25) is 0 Å². The molecule has 3 nitrogen and oxygen atoms in total. The van der Waals surface area contributed by atoms with Crippen molar-refractivity contribution in [3.63, 3.8) is 0 Å². The largest absolute Gasteiger partial charge is 0.377 e. The molecule has 104 valence electrons. The van der Waals surface area contributed by atoms with Crippen molar-refractivity contribution in [2.45, 2.75) is 25.4 Å². The van der Waals surface area contributed by atoms with E-state index in [0.717, 1.165) is 42.6 Å². The zero-order chi connectivity index (χ0) is 13.7. The maximum atomic E-state index is 12.0. The molecule has 1 aromatic carbocycles. The Bertz CT molecular complexity index is 413. The van der Waals surface area contributed by atoms with Crippen LogP contribution >= 0.6 is 15.9 Å². The fraction of sp³-hybridized carbons (Fsp3) is 0.533. The molecule has 0 spiro atoms. The molecular formula is C15H20BrNO2. The normalized spacial score (nSPS) is 19.0. The first-order chi connectivity index (χ1) is 9.15. The van der Waals surface area contributed by atoms with Crippen molar-refractivity contribution in [3.05, 3.63) is 34.3 Å². The summed E-state index contributed by atoms with van der Waals surface area (Å²) in [7, 11) is 2.05. The fourth-order valence-corrected chi connectivity index (χ4v) is 2.56. The van der Waals surface area contributed by atoms with E-state index in [1.54, 1.807) is 0 Å². The van der Waals surface area contributed by atoms with Gasteiger partial charge in [0, 0.05) is 36.2 Å². The number of halogens is 1. The Hall–Kier alpha value is -0.710. The Balaban J connectivity index is 1.74. The van der Waals surface area contributed by atoms with Crippen LogP contribution in [0.1, 0.15) is 29.6 Å². The maximum absolute atomic E-state index is 12.0. The number of carbonyl (C=O) groups excluding carboxylic acids is 1.